The minimum Gasteiger partial charge on any atom is -0.344 e. The molecule has 146 valence electrons. The quantitative estimate of drug-likeness (QED) is 0.606. The van der Waals surface area contributed by atoms with Crippen LogP contribution in [-0.2, 0) is 4.79 Å². The second kappa shape index (κ2) is 6.66. The standard InChI is InChI=1S/C21H16FN3O3S/c22-12-5-3-10(4-6-12)16-17-13(23-19-18(16)20(27)25-21(28)24-19)8-11(9-14(17)26)15-2-1-7-29-15/h1-7,11,16H,8-9H2,(H3,23,24,25,27,28)/t11-,16+/m0/s1. The van der Waals surface area contributed by atoms with E-state index >= 15 is 0 Å². The number of thiophene rings is 1. The first-order valence-electron chi connectivity index (χ1n) is 9.20. The summed E-state index contributed by atoms with van der Waals surface area (Å²) in [6, 6.07) is 9.72. The van der Waals surface area contributed by atoms with Gasteiger partial charge in [0.2, 0.25) is 0 Å². The summed E-state index contributed by atoms with van der Waals surface area (Å²) < 4.78 is 13.5. The van der Waals surface area contributed by atoms with Crippen molar-refractivity contribution in [1.29, 1.82) is 0 Å². The van der Waals surface area contributed by atoms with Crippen LogP contribution < -0.4 is 16.6 Å². The van der Waals surface area contributed by atoms with Gasteiger partial charge in [-0.1, -0.05) is 18.2 Å². The zero-order valence-electron chi connectivity index (χ0n) is 15.1. The van der Waals surface area contributed by atoms with E-state index in [0.717, 1.165) is 4.88 Å². The van der Waals surface area contributed by atoms with Gasteiger partial charge in [0.15, 0.2) is 5.78 Å². The predicted octanol–water partition coefficient (Wildman–Crippen LogP) is 3.22. The summed E-state index contributed by atoms with van der Waals surface area (Å²) in [5.74, 6) is -0.800. The number of anilines is 1. The largest absolute Gasteiger partial charge is 0.344 e. The van der Waals surface area contributed by atoms with E-state index in [9.17, 15) is 18.8 Å². The lowest BCUT2D eigenvalue weighted by molar-refractivity contribution is -0.116. The van der Waals surface area contributed by atoms with Crippen molar-refractivity contribution in [2.75, 3.05) is 5.32 Å². The number of allylic oxidation sites excluding steroid dienone is 2. The average molecular weight is 409 g/mol. The highest BCUT2D eigenvalue weighted by Crippen LogP contribution is 2.46. The molecular weight excluding hydrogens is 393 g/mol. The Kier molecular flexibility index (Phi) is 4.09. The number of hydrogen-bond donors (Lipinski definition) is 3. The summed E-state index contributed by atoms with van der Waals surface area (Å²) in [4.78, 5) is 43.7. The van der Waals surface area contributed by atoms with Crippen LogP contribution in [0.3, 0.4) is 0 Å². The van der Waals surface area contributed by atoms with E-state index in [1.165, 1.54) is 12.1 Å². The molecule has 1 aliphatic carbocycles. The van der Waals surface area contributed by atoms with Gasteiger partial charge < -0.3 is 5.32 Å². The van der Waals surface area contributed by atoms with Crippen molar-refractivity contribution in [3.63, 3.8) is 0 Å². The fraction of sp³-hybridized carbons (Fsp3) is 0.190. The molecule has 1 aromatic carbocycles. The number of carbonyl (C=O) groups is 1. The molecule has 0 amide bonds. The maximum absolute atomic E-state index is 13.5. The summed E-state index contributed by atoms with van der Waals surface area (Å²) in [6.45, 7) is 0. The summed E-state index contributed by atoms with van der Waals surface area (Å²) in [6.07, 6.45) is 0.933. The van der Waals surface area contributed by atoms with Gasteiger partial charge in [-0.25, -0.2) is 9.18 Å². The van der Waals surface area contributed by atoms with Crippen LogP contribution in [0.1, 0.15) is 40.7 Å². The van der Waals surface area contributed by atoms with E-state index in [0.29, 0.717) is 29.7 Å². The Hall–Kier alpha value is -3.26. The third-order valence-corrected chi connectivity index (χ3v) is 6.52. The van der Waals surface area contributed by atoms with Gasteiger partial charge in [-0.3, -0.25) is 19.6 Å². The van der Waals surface area contributed by atoms with Crippen LogP contribution in [0.5, 0.6) is 0 Å². The number of ketones is 1. The van der Waals surface area contributed by atoms with Gasteiger partial charge in [0.25, 0.3) is 5.56 Å². The van der Waals surface area contributed by atoms with Crippen LogP contribution in [0, 0.1) is 5.82 Å². The predicted molar refractivity (Wildman–Crippen MR) is 108 cm³/mol. The number of H-pyrrole nitrogens is 2. The van der Waals surface area contributed by atoms with Crippen molar-refractivity contribution >= 4 is 22.9 Å². The molecule has 0 saturated heterocycles. The molecule has 2 atom stereocenters. The van der Waals surface area contributed by atoms with E-state index in [1.54, 1.807) is 23.5 Å². The number of rotatable bonds is 2. The number of nitrogens with one attached hydrogen (secondary N) is 3. The van der Waals surface area contributed by atoms with Gasteiger partial charge in [-0.15, -0.1) is 11.3 Å². The highest BCUT2D eigenvalue weighted by Gasteiger charge is 2.40. The number of Topliss-reactive ketones (excluding diaryl/α,β-unsaturated/α-hetero) is 1. The summed E-state index contributed by atoms with van der Waals surface area (Å²) in [5.41, 5.74) is 0.905. The Labute approximate surface area is 168 Å². The molecule has 0 bridgehead atoms. The van der Waals surface area contributed by atoms with E-state index < -0.39 is 23.0 Å². The summed E-state index contributed by atoms with van der Waals surface area (Å²) in [5, 5.41) is 5.11. The van der Waals surface area contributed by atoms with Crippen LogP contribution >= 0.6 is 11.3 Å². The van der Waals surface area contributed by atoms with Gasteiger partial charge >= 0.3 is 5.69 Å². The lowest BCUT2D eigenvalue weighted by Crippen LogP contribution is -2.37. The van der Waals surface area contributed by atoms with Crippen molar-refractivity contribution < 1.29 is 9.18 Å². The smallest absolute Gasteiger partial charge is 0.327 e. The third kappa shape index (κ3) is 2.96. The highest BCUT2D eigenvalue weighted by atomic mass is 32.1. The van der Waals surface area contributed by atoms with Crippen LogP contribution in [-0.4, -0.2) is 15.8 Å². The molecule has 0 unspecified atom stereocenters. The number of aromatic nitrogens is 2. The molecule has 2 aliphatic rings. The zero-order chi connectivity index (χ0) is 20.1. The van der Waals surface area contributed by atoms with Crippen LogP contribution in [0.15, 0.2) is 62.6 Å². The van der Waals surface area contributed by atoms with E-state index in [2.05, 4.69) is 15.3 Å². The number of fused-ring (bicyclic) bond motifs is 1. The molecular formula is C21H16FN3O3S. The zero-order valence-corrected chi connectivity index (χ0v) is 15.9. The van der Waals surface area contributed by atoms with Crippen molar-refractivity contribution in [2.45, 2.75) is 24.7 Å². The SMILES string of the molecule is O=C1C[C@@H](c2cccs2)CC2=C1[C@@H](c1ccc(F)cc1)c1c([nH]c(=O)[nH]c1=O)N2. The van der Waals surface area contributed by atoms with Crippen molar-refractivity contribution in [3.8, 4) is 0 Å². The Bertz CT molecular complexity index is 1260. The molecule has 3 heterocycles. The molecule has 29 heavy (non-hydrogen) atoms. The number of carbonyl (C=O) groups excluding carboxylic acids is 1. The monoisotopic (exact) mass is 409 g/mol. The average Bonchev–Trinajstić information content (AvgIpc) is 3.21. The van der Waals surface area contributed by atoms with Gasteiger partial charge in [0, 0.05) is 34.4 Å². The third-order valence-electron chi connectivity index (χ3n) is 5.49. The number of hydrogen-bond acceptors (Lipinski definition) is 5. The molecule has 0 spiro atoms. The fourth-order valence-corrected chi connectivity index (χ4v) is 5.09. The Morgan fingerprint density at radius 2 is 1.79 bits per heavy atom. The van der Waals surface area contributed by atoms with Crippen LogP contribution in [0.25, 0.3) is 0 Å². The normalized spacial score (nSPS) is 20.8. The van der Waals surface area contributed by atoms with E-state index in [-0.39, 0.29) is 23.1 Å². The van der Waals surface area contributed by atoms with Gasteiger partial charge in [0.1, 0.15) is 11.6 Å². The molecule has 3 N–H and O–H groups in total. The lowest BCUT2D eigenvalue weighted by Gasteiger charge is -2.35. The van der Waals surface area contributed by atoms with Crippen molar-refractivity contribution in [2.24, 2.45) is 0 Å². The molecule has 3 aromatic rings. The minimum atomic E-state index is -0.667. The van der Waals surface area contributed by atoms with E-state index in [1.807, 2.05) is 17.5 Å². The second-order valence-electron chi connectivity index (χ2n) is 7.24. The molecule has 8 heteroatoms. The minimum absolute atomic E-state index is 0.0397. The van der Waals surface area contributed by atoms with Gasteiger partial charge in [-0.2, -0.15) is 0 Å². The first-order chi connectivity index (χ1) is 14.0. The molecule has 2 aromatic heterocycles. The first-order valence-corrected chi connectivity index (χ1v) is 10.1. The molecule has 1 aliphatic heterocycles. The highest BCUT2D eigenvalue weighted by molar-refractivity contribution is 7.10. The van der Waals surface area contributed by atoms with Gasteiger partial charge in [0.05, 0.1) is 5.56 Å². The first kappa shape index (κ1) is 17.8. The Morgan fingerprint density at radius 1 is 1.00 bits per heavy atom. The van der Waals surface area contributed by atoms with Crippen molar-refractivity contribution in [1.82, 2.24) is 9.97 Å². The molecule has 0 radical (unpaired) electrons. The van der Waals surface area contributed by atoms with Crippen LogP contribution in [0.4, 0.5) is 10.2 Å². The molecule has 6 nitrogen and oxygen atoms in total. The maximum atomic E-state index is 13.5. The Morgan fingerprint density at radius 3 is 2.52 bits per heavy atom. The maximum Gasteiger partial charge on any atom is 0.327 e. The molecule has 5 rings (SSSR count). The van der Waals surface area contributed by atoms with Crippen LogP contribution in [0.2, 0.25) is 0 Å². The van der Waals surface area contributed by atoms with Crippen molar-refractivity contribution in [3.05, 3.63) is 95.7 Å². The fourth-order valence-electron chi connectivity index (χ4n) is 4.26. The topological polar surface area (TPSA) is 94.8 Å². The van der Waals surface area contributed by atoms with E-state index in [4.69, 9.17) is 0 Å². The summed E-state index contributed by atoms with van der Waals surface area (Å²) >= 11 is 1.60. The molecule has 0 saturated carbocycles. The number of aromatic amines is 2. The number of benzene rings is 1. The summed E-state index contributed by atoms with van der Waals surface area (Å²) in [7, 11) is 0. The second-order valence-corrected chi connectivity index (χ2v) is 8.22. The van der Waals surface area contributed by atoms with Gasteiger partial charge in [-0.05, 0) is 35.6 Å². The lowest BCUT2D eigenvalue weighted by atomic mass is 9.74. The Balaban J connectivity index is 1.70. The number of halogens is 1. The molecule has 0 fully saturated rings.